The van der Waals surface area contributed by atoms with E-state index in [-0.39, 0.29) is 35.5 Å². The van der Waals surface area contributed by atoms with Crippen LogP contribution >= 0.6 is 0 Å². The molecule has 10 heteroatoms. The molecule has 0 unspecified atom stereocenters. The van der Waals surface area contributed by atoms with E-state index in [9.17, 15) is 22.8 Å². The molecule has 0 aliphatic heterocycles. The normalized spacial score (nSPS) is 11.0. The van der Waals surface area contributed by atoms with Gasteiger partial charge in [0.05, 0.1) is 17.5 Å². The number of rotatable bonds is 8. The zero-order valence-electron chi connectivity index (χ0n) is 17.8. The van der Waals surface area contributed by atoms with Crippen LogP contribution in [0.15, 0.2) is 42.5 Å². The number of anilines is 3. The highest BCUT2D eigenvalue weighted by Gasteiger charge is 2.16. The number of carbonyl (C=O) groups excluding carboxylic acids is 3. The number of hydrogen-bond donors (Lipinski definition) is 4. The molecule has 0 aliphatic carbocycles. The van der Waals surface area contributed by atoms with Crippen LogP contribution in [0.4, 0.5) is 17.1 Å². The molecular weight excluding hydrogens is 420 g/mol. The number of hydrogen-bond acceptors (Lipinski definition) is 5. The molecule has 9 nitrogen and oxygen atoms in total. The summed E-state index contributed by atoms with van der Waals surface area (Å²) in [5, 5.41) is 8.07. The first-order valence-electron chi connectivity index (χ1n) is 9.52. The van der Waals surface area contributed by atoms with Gasteiger partial charge in [-0.3, -0.25) is 19.1 Å². The maximum atomic E-state index is 12.7. The molecule has 0 saturated carbocycles. The molecule has 0 saturated heterocycles. The summed E-state index contributed by atoms with van der Waals surface area (Å²) in [5.74, 6) is -1.07. The minimum absolute atomic E-state index is 0.0671. The molecule has 2 rings (SSSR count). The summed E-state index contributed by atoms with van der Waals surface area (Å²) in [6.07, 6.45) is 0.982. The van der Waals surface area contributed by atoms with Crippen LogP contribution in [-0.4, -0.2) is 32.4 Å². The standard InChI is InChI=1S/C21H26N4O5S/c1-13(2)20(27)24-16-7-5-15(6-8-16)12-22-21(28)18-11-17(23-14(3)26)9-10-19(18)25-31(4,29)30/h5-11,13,25H,12H2,1-4H3,(H,22,28)(H,23,26)(H,24,27). The van der Waals surface area contributed by atoms with Crippen molar-refractivity contribution in [1.82, 2.24) is 5.32 Å². The minimum Gasteiger partial charge on any atom is -0.348 e. The van der Waals surface area contributed by atoms with Crippen LogP contribution in [0.3, 0.4) is 0 Å². The van der Waals surface area contributed by atoms with Gasteiger partial charge in [0.2, 0.25) is 21.8 Å². The second kappa shape index (κ2) is 10.1. The predicted octanol–water partition coefficient (Wildman–Crippen LogP) is 2.54. The molecular formula is C21H26N4O5S. The van der Waals surface area contributed by atoms with Crippen molar-refractivity contribution in [3.8, 4) is 0 Å². The van der Waals surface area contributed by atoms with Gasteiger partial charge in [-0.05, 0) is 35.9 Å². The monoisotopic (exact) mass is 446 g/mol. The van der Waals surface area contributed by atoms with E-state index in [4.69, 9.17) is 0 Å². The lowest BCUT2D eigenvalue weighted by atomic mass is 10.1. The van der Waals surface area contributed by atoms with Crippen molar-refractivity contribution in [2.75, 3.05) is 21.6 Å². The average Bonchev–Trinajstić information content (AvgIpc) is 2.66. The first-order valence-corrected chi connectivity index (χ1v) is 11.4. The van der Waals surface area contributed by atoms with E-state index in [0.717, 1.165) is 11.8 Å². The van der Waals surface area contributed by atoms with Gasteiger partial charge in [-0.1, -0.05) is 26.0 Å². The van der Waals surface area contributed by atoms with Gasteiger partial charge in [0.15, 0.2) is 0 Å². The van der Waals surface area contributed by atoms with Crippen molar-refractivity contribution < 1.29 is 22.8 Å². The Balaban J connectivity index is 2.14. The first kappa shape index (κ1) is 23.9. The largest absolute Gasteiger partial charge is 0.348 e. The molecule has 2 aromatic carbocycles. The Kier molecular flexibility index (Phi) is 7.76. The number of carbonyl (C=O) groups is 3. The van der Waals surface area contributed by atoms with Crippen LogP contribution in [0.1, 0.15) is 36.7 Å². The topological polar surface area (TPSA) is 133 Å². The quantitative estimate of drug-likeness (QED) is 0.494. The number of benzene rings is 2. The molecule has 0 atom stereocenters. The molecule has 4 N–H and O–H groups in total. The summed E-state index contributed by atoms with van der Waals surface area (Å²) >= 11 is 0. The fourth-order valence-corrected chi connectivity index (χ4v) is 3.15. The SMILES string of the molecule is CC(=O)Nc1ccc(NS(C)(=O)=O)c(C(=O)NCc2ccc(NC(=O)C(C)C)cc2)c1. The number of sulfonamides is 1. The van der Waals surface area contributed by atoms with Crippen molar-refractivity contribution in [1.29, 1.82) is 0 Å². The Labute approximate surface area is 181 Å². The van der Waals surface area contributed by atoms with Crippen LogP contribution in [0.5, 0.6) is 0 Å². The minimum atomic E-state index is -3.61. The van der Waals surface area contributed by atoms with E-state index >= 15 is 0 Å². The van der Waals surface area contributed by atoms with Crippen LogP contribution < -0.4 is 20.7 Å². The third-order valence-electron chi connectivity index (χ3n) is 4.08. The summed E-state index contributed by atoms with van der Waals surface area (Å²) < 4.78 is 25.6. The van der Waals surface area contributed by atoms with E-state index in [1.54, 1.807) is 38.1 Å². The van der Waals surface area contributed by atoms with Gasteiger partial charge < -0.3 is 16.0 Å². The molecule has 31 heavy (non-hydrogen) atoms. The molecule has 0 aromatic heterocycles. The number of nitrogens with one attached hydrogen (secondary N) is 4. The molecule has 2 aromatic rings. The van der Waals surface area contributed by atoms with Gasteiger partial charge in [-0.25, -0.2) is 8.42 Å². The molecule has 0 aliphatic rings. The third kappa shape index (κ3) is 7.74. The summed E-state index contributed by atoms with van der Waals surface area (Å²) in [5.41, 5.74) is 1.96. The fraction of sp³-hybridized carbons (Fsp3) is 0.286. The van der Waals surface area contributed by atoms with E-state index in [1.807, 2.05) is 0 Å². The predicted molar refractivity (Wildman–Crippen MR) is 120 cm³/mol. The smallest absolute Gasteiger partial charge is 0.253 e. The van der Waals surface area contributed by atoms with Crippen molar-refractivity contribution >= 4 is 44.8 Å². The van der Waals surface area contributed by atoms with Crippen molar-refractivity contribution in [2.24, 2.45) is 5.92 Å². The van der Waals surface area contributed by atoms with Crippen molar-refractivity contribution in [3.05, 3.63) is 53.6 Å². The Morgan fingerprint density at radius 3 is 2.10 bits per heavy atom. The maximum absolute atomic E-state index is 12.7. The van der Waals surface area contributed by atoms with Crippen LogP contribution in [0, 0.1) is 5.92 Å². The van der Waals surface area contributed by atoms with Gasteiger partial charge in [-0.15, -0.1) is 0 Å². The van der Waals surface area contributed by atoms with E-state index in [1.165, 1.54) is 25.1 Å². The molecule has 0 radical (unpaired) electrons. The van der Waals surface area contributed by atoms with E-state index < -0.39 is 15.9 Å². The zero-order chi connectivity index (χ0) is 23.2. The summed E-state index contributed by atoms with van der Waals surface area (Å²) in [4.78, 5) is 35.8. The Bertz CT molecular complexity index is 1080. The molecule has 166 valence electrons. The van der Waals surface area contributed by atoms with Gasteiger partial charge in [0, 0.05) is 30.8 Å². The Morgan fingerprint density at radius 2 is 1.55 bits per heavy atom. The zero-order valence-corrected chi connectivity index (χ0v) is 18.6. The van der Waals surface area contributed by atoms with Gasteiger partial charge in [0.1, 0.15) is 0 Å². The highest BCUT2D eigenvalue weighted by atomic mass is 32.2. The van der Waals surface area contributed by atoms with Crippen LogP contribution in [0.2, 0.25) is 0 Å². The second-order valence-electron chi connectivity index (χ2n) is 7.34. The van der Waals surface area contributed by atoms with Crippen molar-refractivity contribution in [2.45, 2.75) is 27.3 Å². The fourth-order valence-electron chi connectivity index (χ4n) is 2.57. The second-order valence-corrected chi connectivity index (χ2v) is 9.09. The third-order valence-corrected chi connectivity index (χ3v) is 4.67. The lowest BCUT2D eigenvalue weighted by Gasteiger charge is -2.14. The van der Waals surface area contributed by atoms with Crippen LogP contribution in [0.25, 0.3) is 0 Å². The molecule has 0 bridgehead atoms. The van der Waals surface area contributed by atoms with E-state index in [0.29, 0.717) is 11.4 Å². The van der Waals surface area contributed by atoms with Crippen molar-refractivity contribution in [3.63, 3.8) is 0 Å². The summed E-state index contributed by atoms with van der Waals surface area (Å²) in [6, 6.07) is 11.3. The lowest BCUT2D eigenvalue weighted by molar-refractivity contribution is -0.119. The molecule has 3 amide bonds. The highest BCUT2D eigenvalue weighted by molar-refractivity contribution is 7.92. The Hall–Kier alpha value is -3.40. The molecule has 0 heterocycles. The van der Waals surface area contributed by atoms with Gasteiger partial charge >= 0.3 is 0 Å². The molecule has 0 spiro atoms. The highest BCUT2D eigenvalue weighted by Crippen LogP contribution is 2.22. The lowest BCUT2D eigenvalue weighted by Crippen LogP contribution is -2.25. The van der Waals surface area contributed by atoms with E-state index in [2.05, 4.69) is 20.7 Å². The maximum Gasteiger partial charge on any atom is 0.253 e. The molecule has 0 fully saturated rings. The van der Waals surface area contributed by atoms with Crippen LogP contribution in [-0.2, 0) is 26.2 Å². The average molecular weight is 447 g/mol. The summed E-state index contributed by atoms with van der Waals surface area (Å²) in [7, 11) is -3.61. The van der Waals surface area contributed by atoms with Gasteiger partial charge in [-0.2, -0.15) is 0 Å². The van der Waals surface area contributed by atoms with Gasteiger partial charge in [0.25, 0.3) is 5.91 Å². The first-order chi connectivity index (χ1) is 14.4. The number of amides is 3. The Morgan fingerprint density at radius 1 is 0.935 bits per heavy atom. The summed E-state index contributed by atoms with van der Waals surface area (Å²) in [6.45, 7) is 5.11.